The fourth-order valence-electron chi connectivity index (χ4n) is 2.44. The maximum Gasteiger partial charge on any atom is 0.322 e. The van der Waals surface area contributed by atoms with Crippen molar-refractivity contribution in [3.63, 3.8) is 0 Å². The van der Waals surface area contributed by atoms with Gasteiger partial charge in [0.15, 0.2) is 0 Å². The molecule has 3 rings (SSSR count). The largest absolute Gasteiger partial charge is 0.327 e. The Kier molecular flexibility index (Phi) is 3.75. The van der Waals surface area contributed by atoms with E-state index in [1.807, 2.05) is 55.8 Å². The summed E-state index contributed by atoms with van der Waals surface area (Å²) in [4.78, 5) is 18.4. The van der Waals surface area contributed by atoms with E-state index in [1.165, 1.54) is 0 Å². The summed E-state index contributed by atoms with van der Waals surface area (Å²) < 4.78 is 0. The van der Waals surface area contributed by atoms with Gasteiger partial charge in [0.05, 0.1) is 16.7 Å². The Hall–Kier alpha value is -2.14. The number of carbonyl (C=O) groups is 1. The monoisotopic (exact) mass is 299 g/mol. The molecular formula is C16H17N3OS. The Bertz CT molecular complexity index is 678. The zero-order valence-electron chi connectivity index (χ0n) is 12.0. The van der Waals surface area contributed by atoms with Crippen LogP contribution in [0.15, 0.2) is 41.9 Å². The first-order valence-corrected chi connectivity index (χ1v) is 7.83. The van der Waals surface area contributed by atoms with E-state index in [0.29, 0.717) is 6.54 Å². The van der Waals surface area contributed by atoms with Gasteiger partial charge in [0.2, 0.25) is 0 Å². The molecule has 0 bridgehead atoms. The summed E-state index contributed by atoms with van der Waals surface area (Å²) in [6.45, 7) is 4.59. The maximum absolute atomic E-state index is 12.1. The summed E-state index contributed by atoms with van der Waals surface area (Å²) in [7, 11) is 0. The van der Waals surface area contributed by atoms with E-state index < -0.39 is 0 Å². The second-order valence-electron chi connectivity index (χ2n) is 4.92. The summed E-state index contributed by atoms with van der Waals surface area (Å²) in [5, 5.41) is 6.14. The van der Waals surface area contributed by atoms with Gasteiger partial charge in [-0.15, -0.1) is 11.3 Å². The lowest BCUT2D eigenvalue weighted by Crippen LogP contribution is -2.43. The molecule has 1 aromatic heterocycles. The highest BCUT2D eigenvalue weighted by Crippen LogP contribution is 2.33. The minimum absolute atomic E-state index is 0.0675. The normalized spacial score (nSPS) is 18.4. The highest BCUT2D eigenvalue weighted by atomic mass is 32.1. The molecule has 1 aliphatic heterocycles. The van der Waals surface area contributed by atoms with E-state index in [1.54, 1.807) is 16.2 Å². The average Bonchev–Trinajstić information content (AvgIpc) is 2.94. The molecule has 0 spiro atoms. The van der Waals surface area contributed by atoms with Crippen molar-refractivity contribution in [2.45, 2.75) is 19.9 Å². The first-order chi connectivity index (χ1) is 10.2. The van der Waals surface area contributed by atoms with Crippen LogP contribution in [0.3, 0.4) is 0 Å². The molecule has 0 saturated heterocycles. The molecule has 1 N–H and O–H groups in total. The third-order valence-electron chi connectivity index (χ3n) is 3.52. The number of hydrogen-bond acceptors (Lipinski definition) is 3. The van der Waals surface area contributed by atoms with Gasteiger partial charge in [-0.25, -0.2) is 9.78 Å². The molecule has 0 aliphatic carbocycles. The molecule has 2 aromatic rings. The van der Waals surface area contributed by atoms with Gasteiger partial charge in [0.25, 0.3) is 0 Å². The van der Waals surface area contributed by atoms with Crippen molar-refractivity contribution in [3.05, 3.63) is 58.2 Å². The Labute approximate surface area is 128 Å². The van der Waals surface area contributed by atoms with Crippen LogP contribution in [-0.4, -0.2) is 22.5 Å². The van der Waals surface area contributed by atoms with Gasteiger partial charge >= 0.3 is 6.03 Å². The SMILES string of the molecule is CCN1C=C(c2csc(C)n2)[C@H](c2ccccc2)NC1=O. The Morgan fingerprint density at radius 1 is 1.33 bits per heavy atom. The molecule has 0 radical (unpaired) electrons. The summed E-state index contributed by atoms with van der Waals surface area (Å²) in [6, 6.07) is 9.78. The molecule has 108 valence electrons. The van der Waals surface area contributed by atoms with Crippen molar-refractivity contribution in [3.8, 4) is 0 Å². The fourth-order valence-corrected chi connectivity index (χ4v) is 3.06. The fraction of sp³-hybridized carbons (Fsp3) is 0.250. The van der Waals surface area contributed by atoms with Crippen molar-refractivity contribution in [2.24, 2.45) is 0 Å². The molecule has 0 unspecified atom stereocenters. The lowest BCUT2D eigenvalue weighted by molar-refractivity contribution is 0.212. The van der Waals surface area contributed by atoms with Crippen molar-refractivity contribution in [1.29, 1.82) is 0 Å². The van der Waals surface area contributed by atoms with Gasteiger partial charge in [0, 0.05) is 23.7 Å². The molecule has 0 saturated carbocycles. The second-order valence-corrected chi connectivity index (χ2v) is 5.98. The number of hydrogen-bond donors (Lipinski definition) is 1. The van der Waals surface area contributed by atoms with E-state index >= 15 is 0 Å². The smallest absolute Gasteiger partial charge is 0.322 e. The van der Waals surface area contributed by atoms with Gasteiger partial charge in [-0.1, -0.05) is 30.3 Å². The third-order valence-corrected chi connectivity index (χ3v) is 4.30. The zero-order chi connectivity index (χ0) is 14.8. The predicted octanol–water partition coefficient (Wildman–Crippen LogP) is 3.58. The average molecular weight is 299 g/mol. The molecule has 4 nitrogen and oxygen atoms in total. The van der Waals surface area contributed by atoms with Crippen LogP contribution in [-0.2, 0) is 0 Å². The maximum atomic E-state index is 12.1. The number of rotatable bonds is 3. The molecule has 5 heteroatoms. The Balaban J connectivity index is 2.06. The third kappa shape index (κ3) is 2.69. The molecule has 1 atom stereocenters. The van der Waals surface area contributed by atoms with Crippen molar-refractivity contribution in [1.82, 2.24) is 15.2 Å². The summed E-state index contributed by atoms with van der Waals surface area (Å²) in [6.07, 6.45) is 1.92. The van der Waals surface area contributed by atoms with Crippen LogP contribution in [0.2, 0.25) is 0 Å². The number of aromatic nitrogens is 1. The second kappa shape index (κ2) is 5.69. The summed E-state index contributed by atoms with van der Waals surface area (Å²) in [5.74, 6) is 0. The summed E-state index contributed by atoms with van der Waals surface area (Å²) >= 11 is 1.62. The molecule has 0 fully saturated rings. The molecule has 21 heavy (non-hydrogen) atoms. The molecule has 2 heterocycles. The van der Waals surface area contributed by atoms with Crippen molar-refractivity contribution >= 4 is 22.9 Å². The van der Waals surface area contributed by atoms with Crippen LogP contribution >= 0.6 is 11.3 Å². The van der Waals surface area contributed by atoms with E-state index in [-0.39, 0.29) is 12.1 Å². The number of benzene rings is 1. The van der Waals surface area contributed by atoms with Crippen LogP contribution in [0.1, 0.15) is 29.2 Å². The number of carbonyl (C=O) groups excluding carboxylic acids is 1. The molecular weight excluding hydrogens is 282 g/mol. The lowest BCUT2D eigenvalue weighted by Gasteiger charge is -2.31. The van der Waals surface area contributed by atoms with Crippen LogP contribution in [0.5, 0.6) is 0 Å². The van der Waals surface area contributed by atoms with Crippen molar-refractivity contribution in [2.75, 3.05) is 6.54 Å². The first-order valence-electron chi connectivity index (χ1n) is 6.95. The number of thiazole rings is 1. The van der Waals surface area contributed by atoms with Crippen LogP contribution in [0, 0.1) is 6.92 Å². The highest BCUT2D eigenvalue weighted by Gasteiger charge is 2.29. The predicted molar refractivity (Wildman–Crippen MR) is 84.9 cm³/mol. The first kappa shape index (κ1) is 13.8. The minimum Gasteiger partial charge on any atom is -0.327 e. The van der Waals surface area contributed by atoms with Crippen LogP contribution < -0.4 is 5.32 Å². The van der Waals surface area contributed by atoms with E-state index in [0.717, 1.165) is 21.8 Å². The zero-order valence-corrected chi connectivity index (χ0v) is 12.9. The van der Waals surface area contributed by atoms with Crippen LogP contribution in [0.4, 0.5) is 4.79 Å². The lowest BCUT2D eigenvalue weighted by atomic mass is 9.96. The van der Waals surface area contributed by atoms with Gasteiger partial charge in [-0.2, -0.15) is 0 Å². The van der Waals surface area contributed by atoms with E-state index in [4.69, 9.17) is 0 Å². The minimum atomic E-state index is -0.150. The highest BCUT2D eigenvalue weighted by molar-refractivity contribution is 7.09. The van der Waals surface area contributed by atoms with E-state index in [2.05, 4.69) is 10.3 Å². The number of aryl methyl sites for hydroxylation is 1. The van der Waals surface area contributed by atoms with Gasteiger partial charge < -0.3 is 10.2 Å². The number of urea groups is 1. The number of amides is 2. The quantitative estimate of drug-likeness (QED) is 0.941. The summed E-state index contributed by atoms with van der Waals surface area (Å²) in [5.41, 5.74) is 3.04. The van der Waals surface area contributed by atoms with Crippen molar-refractivity contribution < 1.29 is 4.79 Å². The number of nitrogens with zero attached hydrogens (tertiary/aromatic N) is 2. The Morgan fingerprint density at radius 3 is 2.71 bits per heavy atom. The van der Waals surface area contributed by atoms with Crippen LogP contribution in [0.25, 0.3) is 5.57 Å². The number of nitrogens with one attached hydrogen (secondary N) is 1. The topological polar surface area (TPSA) is 45.2 Å². The van der Waals surface area contributed by atoms with Gasteiger partial charge in [0.1, 0.15) is 0 Å². The molecule has 1 aliphatic rings. The standard InChI is InChI=1S/C16H17N3OS/c1-3-19-9-13(14-10-21-11(2)17-14)15(18-16(19)20)12-7-5-4-6-8-12/h4-10,15H,3H2,1-2H3,(H,18,20)/t15-/m0/s1. The van der Waals surface area contributed by atoms with E-state index in [9.17, 15) is 4.79 Å². The molecule has 2 amide bonds. The van der Waals surface area contributed by atoms with Gasteiger partial charge in [-0.05, 0) is 19.4 Å². The Morgan fingerprint density at radius 2 is 2.10 bits per heavy atom. The molecule has 1 aromatic carbocycles. The van der Waals surface area contributed by atoms with Gasteiger partial charge in [-0.3, -0.25) is 0 Å².